The lowest BCUT2D eigenvalue weighted by Crippen LogP contribution is -2.38. The van der Waals surface area contributed by atoms with E-state index in [1.165, 1.54) is 7.11 Å². The van der Waals surface area contributed by atoms with E-state index in [2.05, 4.69) is 11.7 Å². The minimum absolute atomic E-state index is 0.126. The van der Waals surface area contributed by atoms with Crippen LogP contribution >= 0.6 is 0 Å². The highest BCUT2D eigenvalue weighted by Gasteiger charge is 2.17. The summed E-state index contributed by atoms with van der Waals surface area (Å²) in [6, 6.07) is 0.133. The number of amides is 1. The second-order valence-electron chi connectivity index (χ2n) is 4.11. The molecule has 0 bridgehead atoms. The molecular formula is C12H23NO3. The lowest BCUT2D eigenvalue weighted by Gasteiger charge is -2.26. The van der Waals surface area contributed by atoms with Crippen LogP contribution in [0.2, 0.25) is 0 Å². The average Bonchev–Trinajstić information content (AvgIpc) is 2.25. The van der Waals surface area contributed by atoms with E-state index in [1.54, 1.807) is 4.90 Å². The Hall–Kier alpha value is -1.06. The third-order valence-corrected chi connectivity index (χ3v) is 2.47. The van der Waals surface area contributed by atoms with E-state index < -0.39 is 0 Å². The number of ether oxygens (including phenoxy) is 1. The monoisotopic (exact) mass is 229 g/mol. The molecule has 16 heavy (non-hydrogen) atoms. The molecule has 0 heterocycles. The number of carbonyl (C=O) groups is 2. The van der Waals surface area contributed by atoms with Gasteiger partial charge in [0.05, 0.1) is 13.5 Å². The summed E-state index contributed by atoms with van der Waals surface area (Å²) < 4.78 is 4.56. The van der Waals surface area contributed by atoms with E-state index in [1.807, 2.05) is 13.8 Å². The van der Waals surface area contributed by atoms with E-state index in [9.17, 15) is 9.59 Å². The fraction of sp³-hybridized carbons (Fsp3) is 0.833. The highest BCUT2D eigenvalue weighted by molar-refractivity contribution is 5.77. The number of carbonyl (C=O) groups excluding carboxylic acids is 2. The van der Waals surface area contributed by atoms with Crippen molar-refractivity contribution in [2.24, 2.45) is 0 Å². The lowest BCUT2D eigenvalue weighted by molar-refractivity contribution is -0.142. The Morgan fingerprint density at radius 2 is 1.88 bits per heavy atom. The fourth-order valence-electron chi connectivity index (χ4n) is 1.46. The molecule has 0 spiro atoms. The van der Waals surface area contributed by atoms with Crippen LogP contribution in [0, 0.1) is 0 Å². The van der Waals surface area contributed by atoms with Gasteiger partial charge in [0.25, 0.3) is 0 Å². The Bertz CT molecular complexity index is 226. The number of methoxy groups -OCH3 is 1. The zero-order chi connectivity index (χ0) is 12.6. The van der Waals surface area contributed by atoms with Crippen LogP contribution in [-0.2, 0) is 14.3 Å². The van der Waals surface area contributed by atoms with Crippen molar-refractivity contribution in [1.82, 2.24) is 4.90 Å². The van der Waals surface area contributed by atoms with Crippen molar-refractivity contribution in [2.75, 3.05) is 13.7 Å². The average molecular weight is 229 g/mol. The van der Waals surface area contributed by atoms with Gasteiger partial charge >= 0.3 is 5.97 Å². The van der Waals surface area contributed by atoms with Crippen molar-refractivity contribution >= 4 is 11.9 Å². The van der Waals surface area contributed by atoms with Crippen molar-refractivity contribution in [3.63, 3.8) is 0 Å². The van der Waals surface area contributed by atoms with E-state index >= 15 is 0 Å². The van der Waals surface area contributed by atoms with E-state index in [0.717, 1.165) is 12.8 Å². The summed E-state index contributed by atoms with van der Waals surface area (Å²) in [5.74, 6) is -0.144. The SMILES string of the molecule is CCCCC(=O)N(CCC(=O)OC)C(C)C. The smallest absolute Gasteiger partial charge is 0.307 e. The number of hydrogen-bond acceptors (Lipinski definition) is 3. The minimum Gasteiger partial charge on any atom is -0.469 e. The third-order valence-electron chi connectivity index (χ3n) is 2.47. The van der Waals surface area contributed by atoms with Crippen molar-refractivity contribution < 1.29 is 14.3 Å². The minimum atomic E-state index is -0.269. The molecule has 0 saturated carbocycles. The summed E-state index contributed by atoms with van der Waals surface area (Å²) in [7, 11) is 1.36. The van der Waals surface area contributed by atoms with Crippen LogP contribution in [0.5, 0.6) is 0 Å². The Balaban J connectivity index is 4.16. The standard InChI is InChI=1S/C12H23NO3/c1-5-6-7-11(14)13(10(2)3)9-8-12(15)16-4/h10H,5-9H2,1-4H3. The highest BCUT2D eigenvalue weighted by atomic mass is 16.5. The van der Waals surface area contributed by atoms with Gasteiger partial charge in [0.2, 0.25) is 5.91 Å². The van der Waals surface area contributed by atoms with Gasteiger partial charge in [-0.05, 0) is 20.3 Å². The molecule has 1 amide bonds. The molecule has 0 N–H and O–H groups in total. The van der Waals surface area contributed by atoms with Gasteiger partial charge in [-0.3, -0.25) is 9.59 Å². The number of hydrogen-bond donors (Lipinski definition) is 0. The van der Waals surface area contributed by atoms with Gasteiger partial charge in [-0.2, -0.15) is 0 Å². The highest BCUT2D eigenvalue weighted by Crippen LogP contribution is 2.06. The van der Waals surface area contributed by atoms with Gasteiger partial charge in [-0.1, -0.05) is 13.3 Å². The Morgan fingerprint density at radius 1 is 1.25 bits per heavy atom. The zero-order valence-corrected chi connectivity index (χ0v) is 10.8. The Kier molecular flexibility index (Phi) is 7.60. The largest absolute Gasteiger partial charge is 0.469 e. The molecule has 4 heteroatoms. The summed E-state index contributed by atoms with van der Waals surface area (Å²) in [4.78, 5) is 24.6. The summed E-state index contributed by atoms with van der Waals surface area (Å²) >= 11 is 0. The summed E-state index contributed by atoms with van der Waals surface area (Å²) in [5, 5.41) is 0. The first-order valence-corrected chi connectivity index (χ1v) is 5.89. The van der Waals surface area contributed by atoms with E-state index in [4.69, 9.17) is 0 Å². The van der Waals surface area contributed by atoms with Crippen molar-refractivity contribution in [1.29, 1.82) is 0 Å². The summed E-state index contributed by atoms with van der Waals surface area (Å²) in [6.07, 6.45) is 2.75. The van der Waals surface area contributed by atoms with Crippen molar-refractivity contribution in [2.45, 2.75) is 52.5 Å². The second-order valence-corrected chi connectivity index (χ2v) is 4.11. The third kappa shape index (κ3) is 5.73. The second kappa shape index (κ2) is 8.13. The zero-order valence-electron chi connectivity index (χ0n) is 10.8. The van der Waals surface area contributed by atoms with Gasteiger partial charge in [-0.25, -0.2) is 0 Å². The van der Waals surface area contributed by atoms with E-state index in [-0.39, 0.29) is 24.3 Å². The van der Waals surface area contributed by atoms with Gasteiger partial charge in [0, 0.05) is 19.0 Å². The van der Waals surface area contributed by atoms with Crippen LogP contribution in [0.25, 0.3) is 0 Å². The number of esters is 1. The Labute approximate surface area is 98.0 Å². The number of nitrogens with zero attached hydrogens (tertiary/aromatic N) is 1. The lowest BCUT2D eigenvalue weighted by atomic mass is 10.2. The van der Waals surface area contributed by atoms with Gasteiger partial charge < -0.3 is 9.64 Å². The number of unbranched alkanes of at least 4 members (excludes halogenated alkanes) is 1. The molecule has 0 fully saturated rings. The maximum Gasteiger partial charge on any atom is 0.307 e. The topological polar surface area (TPSA) is 46.6 Å². The molecule has 0 atom stereocenters. The van der Waals surface area contributed by atoms with Crippen LogP contribution < -0.4 is 0 Å². The summed E-state index contributed by atoms with van der Waals surface area (Å²) in [6.45, 7) is 6.43. The van der Waals surface area contributed by atoms with Gasteiger partial charge in [0.1, 0.15) is 0 Å². The van der Waals surface area contributed by atoms with Crippen molar-refractivity contribution in [3.05, 3.63) is 0 Å². The molecule has 0 radical (unpaired) electrons. The molecule has 0 aliphatic heterocycles. The first kappa shape index (κ1) is 14.9. The molecule has 0 aliphatic rings. The number of rotatable bonds is 7. The van der Waals surface area contributed by atoms with E-state index in [0.29, 0.717) is 13.0 Å². The predicted octanol–water partition coefficient (Wildman–Crippen LogP) is 1.98. The van der Waals surface area contributed by atoms with Crippen LogP contribution in [0.4, 0.5) is 0 Å². The normalized spacial score (nSPS) is 10.3. The molecule has 94 valence electrons. The quantitative estimate of drug-likeness (QED) is 0.627. The van der Waals surface area contributed by atoms with Crippen LogP contribution in [0.15, 0.2) is 0 Å². The molecule has 0 aliphatic carbocycles. The molecule has 4 nitrogen and oxygen atoms in total. The molecule has 0 aromatic heterocycles. The molecule has 0 unspecified atom stereocenters. The molecule has 0 aromatic carbocycles. The van der Waals surface area contributed by atoms with Crippen LogP contribution in [0.1, 0.15) is 46.5 Å². The maximum atomic E-state index is 11.8. The fourth-order valence-corrected chi connectivity index (χ4v) is 1.46. The first-order chi connectivity index (χ1) is 7.52. The molecule has 0 rings (SSSR count). The molecule has 0 saturated heterocycles. The van der Waals surface area contributed by atoms with Gasteiger partial charge in [-0.15, -0.1) is 0 Å². The Morgan fingerprint density at radius 3 is 2.31 bits per heavy atom. The molecule has 0 aromatic rings. The van der Waals surface area contributed by atoms with Crippen LogP contribution in [-0.4, -0.2) is 36.5 Å². The summed E-state index contributed by atoms with van der Waals surface area (Å²) in [5.41, 5.74) is 0. The first-order valence-electron chi connectivity index (χ1n) is 5.89. The molecular weight excluding hydrogens is 206 g/mol. The maximum absolute atomic E-state index is 11.8. The van der Waals surface area contributed by atoms with Gasteiger partial charge in [0.15, 0.2) is 0 Å². The predicted molar refractivity (Wildman–Crippen MR) is 63.0 cm³/mol. The van der Waals surface area contributed by atoms with Crippen LogP contribution in [0.3, 0.4) is 0 Å². The van der Waals surface area contributed by atoms with Crippen molar-refractivity contribution in [3.8, 4) is 0 Å².